The molecule has 0 unspecified atom stereocenters. The molecule has 0 aliphatic carbocycles. The van der Waals surface area contributed by atoms with Crippen molar-refractivity contribution in [1.29, 1.82) is 0 Å². The van der Waals surface area contributed by atoms with Gasteiger partial charge >= 0.3 is 0 Å². The number of H-pyrrole nitrogens is 2. The molecule has 5 rings (SSSR count). The van der Waals surface area contributed by atoms with Gasteiger partial charge in [0.25, 0.3) is 0 Å². The van der Waals surface area contributed by atoms with Crippen LogP contribution in [-0.4, -0.2) is 75.8 Å². The molecule has 0 saturated carbocycles. The minimum absolute atomic E-state index is 0.635. The van der Waals surface area contributed by atoms with Gasteiger partial charge in [0.2, 0.25) is 0 Å². The zero-order valence-electron chi connectivity index (χ0n) is 61.9. The van der Waals surface area contributed by atoms with Gasteiger partial charge < -0.3 is 0 Å². The monoisotopic (exact) mass is 1240 g/mol. The molecule has 5 aromatic rings. The molecule has 0 aliphatic heterocycles. The third-order valence-corrected chi connectivity index (χ3v) is 16.0. The van der Waals surface area contributed by atoms with Gasteiger partial charge in [0.15, 0.2) is 0 Å². The van der Waals surface area contributed by atoms with Crippen LogP contribution in [-0.2, 0) is 64.6 Å². The summed E-state index contributed by atoms with van der Waals surface area (Å²) in [7, 11) is 0. The maximum absolute atomic E-state index is 4.31. The fourth-order valence-corrected chi connectivity index (χ4v) is 10.3. The van der Waals surface area contributed by atoms with E-state index in [1.54, 1.807) is 0 Å². The molecule has 5 aromatic heterocycles. The summed E-state index contributed by atoms with van der Waals surface area (Å²) in [5.41, 5.74) is 8.25. The third kappa shape index (κ3) is 49.1. The van der Waals surface area contributed by atoms with Gasteiger partial charge in [0.1, 0.15) is 0 Å². The van der Waals surface area contributed by atoms with Gasteiger partial charge in [-0.25, -0.2) is 0 Å². The van der Waals surface area contributed by atoms with Crippen molar-refractivity contribution < 1.29 is 0 Å². The molecule has 0 aromatic carbocycles. The van der Waals surface area contributed by atoms with Crippen molar-refractivity contribution in [3.8, 4) is 0 Å². The standard InChI is InChI=1S/2C16H31N3.3C14H27N3/c2*1-13(2)9-5-7-11-15-16(18-19-17-15)12-8-6-10-14(3)4;1-12(2)7-5-6-10-17-11-14(15-16-17)9-8-13(3)4;1-12(2)7-5-6-8-14-11-17(16-15-14)10-9-13(3)4;1-12(2)8-6-5-7-9-14-11-17(16-15-14)10-13(3)4/h2*13-14H,5-12H2,1-4H3,(H,17,18,19);3*11-13H,5-10H2,1-4H3. The molecule has 0 radical (unpaired) electrons. The molecule has 15 heteroatoms. The fourth-order valence-electron chi connectivity index (χ4n) is 10.3. The summed E-state index contributed by atoms with van der Waals surface area (Å²) in [5, 5.41) is 48.0. The average molecular weight is 1240 g/mol. The Morgan fingerprint density at radius 3 is 0.865 bits per heavy atom. The topological polar surface area (TPSA) is 175 Å². The van der Waals surface area contributed by atoms with Crippen molar-refractivity contribution in [2.24, 2.45) is 59.2 Å². The predicted octanol–water partition coefficient (Wildman–Crippen LogP) is 20.2. The fraction of sp³-hybridized carbons (Fsp3) is 0.865. The van der Waals surface area contributed by atoms with Crippen LogP contribution in [0.4, 0.5) is 0 Å². The van der Waals surface area contributed by atoms with Crippen LogP contribution in [0.25, 0.3) is 0 Å². The highest BCUT2D eigenvalue weighted by molar-refractivity contribution is 5.09. The van der Waals surface area contributed by atoms with Crippen LogP contribution >= 0.6 is 0 Å². The molecule has 0 aliphatic rings. The van der Waals surface area contributed by atoms with Gasteiger partial charge in [0.05, 0.1) is 39.9 Å². The second-order valence-corrected chi connectivity index (χ2v) is 30.4. The maximum Gasteiger partial charge on any atom is 0.0856 e. The smallest absolute Gasteiger partial charge is 0.0856 e. The summed E-state index contributed by atoms with van der Waals surface area (Å²) < 4.78 is 5.95. The van der Waals surface area contributed by atoms with E-state index in [-0.39, 0.29) is 0 Å². The molecule has 0 amide bonds. The van der Waals surface area contributed by atoms with Gasteiger partial charge in [0, 0.05) is 38.2 Å². The minimum Gasteiger partial charge on any atom is -0.252 e. The lowest BCUT2D eigenvalue weighted by atomic mass is 10.0. The molecule has 514 valence electrons. The van der Waals surface area contributed by atoms with Crippen molar-refractivity contribution in [3.05, 3.63) is 58.4 Å². The van der Waals surface area contributed by atoms with E-state index in [2.05, 4.69) is 219 Å². The van der Waals surface area contributed by atoms with E-state index in [0.29, 0.717) is 5.92 Å². The number of nitrogens with one attached hydrogen (secondary N) is 2. The van der Waals surface area contributed by atoms with Crippen molar-refractivity contribution in [1.82, 2.24) is 75.8 Å². The van der Waals surface area contributed by atoms with Gasteiger partial charge in [-0.15, -0.1) is 15.3 Å². The van der Waals surface area contributed by atoms with E-state index >= 15 is 0 Å². The number of unbranched alkanes of at least 4 members (excludes halogenated alkanes) is 8. The van der Waals surface area contributed by atoms with Gasteiger partial charge in [-0.3, -0.25) is 14.0 Å². The molecule has 2 N–H and O–H groups in total. The molecular formula is C74H143N15. The Hall–Kier alpha value is -4.30. The number of rotatable bonds is 44. The Morgan fingerprint density at radius 1 is 0.258 bits per heavy atom. The van der Waals surface area contributed by atoms with Crippen LogP contribution in [0.3, 0.4) is 0 Å². The number of aromatic nitrogens is 15. The van der Waals surface area contributed by atoms with E-state index in [4.69, 9.17) is 0 Å². The molecule has 89 heavy (non-hydrogen) atoms. The average Bonchev–Trinajstić information content (AvgIpc) is 4.30. The number of aromatic amines is 2. The molecule has 0 spiro atoms. The van der Waals surface area contributed by atoms with Crippen LogP contribution in [0, 0.1) is 59.2 Å². The number of nitrogens with zero attached hydrogens (tertiary/aromatic N) is 13. The van der Waals surface area contributed by atoms with Crippen molar-refractivity contribution in [3.63, 3.8) is 0 Å². The minimum atomic E-state index is 0.635. The zero-order chi connectivity index (χ0) is 66.2. The summed E-state index contributed by atoms with van der Waals surface area (Å²) in [5.74, 6) is 7.82. The second-order valence-electron chi connectivity index (χ2n) is 30.4. The highest BCUT2D eigenvalue weighted by atomic mass is 15.4. The Labute approximate surface area is 548 Å². The van der Waals surface area contributed by atoms with Crippen LogP contribution in [0.5, 0.6) is 0 Å². The Kier molecular flexibility index (Phi) is 48.5. The third-order valence-electron chi connectivity index (χ3n) is 16.0. The lowest BCUT2D eigenvalue weighted by Gasteiger charge is -2.05. The Morgan fingerprint density at radius 2 is 0.528 bits per heavy atom. The van der Waals surface area contributed by atoms with E-state index in [1.807, 2.05) is 14.0 Å². The molecule has 0 fully saturated rings. The largest absolute Gasteiger partial charge is 0.252 e. The summed E-state index contributed by atoms with van der Waals surface area (Å²) in [6.07, 6.45) is 44.6. The van der Waals surface area contributed by atoms with Crippen molar-refractivity contribution in [2.75, 3.05) is 0 Å². The lowest BCUT2D eigenvalue weighted by molar-refractivity contribution is 0.472. The first-order valence-corrected chi connectivity index (χ1v) is 36.9. The van der Waals surface area contributed by atoms with Gasteiger partial charge in [-0.1, -0.05) is 250 Å². The predicted molar refractivity (Wildman–Crippen MR) is 378 cm³/mol. The Bertz CT molecular complexity index is 2120. The highest BCUT2D eigenvalue weighted by Crippen LogP contribution is 2.18. The summed E-state index contributed by atoms with van der Waals surface area (Å²) in [6.45, 7) is 48.4. The van der Waals surface area contributed by atoms with E-state index < -0.39 is 0 Å². The molecule has 15 nitrogen and oxygen atoms in total. The van der Waals surface area contributed by atoms with Crippen LogP contribution < -0.4 is 0 Å². The first kappa shape index (κ1) is 82.7. The highest BCUT2D eigenvalue weighted by Gasteiger charge is 2.11. The molecule has 0 saturated heterocycles. The molecule has 0 bridgehead atoms. The van der Waals surface area contributed by atoms with E-state index in [0.717, 1.165) is 135 Å². The summed E-state index contributed by atoms with van der Waals surface area (Å²) in [6, 6.07) is 0. The van der Waals surface area contributed by atoms with Crippen LogP contribution in [0.2, 0.25) is 0 Å². The first-order valence-electron chi connectivity index (χ1n) is 36.9. The van der Waals surface area contributed by atoms with Gasteiger partial charge in [-0.05, 0) is 162 Å². The number of hydrogen-bond donors (Lipinski definition) is 2. The van der Waals surface area contributed by atoms with Crippen molar-refractivity contribution in [2.45, 2.75) is 357 Å². The lowest BCUT2D eigenvalue weighted by Crippen LogP contribution is -2.04. The van der Waals surface area contributed by atoms with E-state index in [9.17, 15) is 0 Å². The summed E-state index contributed by atoms with van der Waals surface area (Å²) in [4.78, 5) is 0. The zero-order valence-corrected chi connectivity index (χ0v) is 61.9. The van der Waals surface area contributed by atoms with Crippen LogP contribution in [0.1, 0.15) is 332 Å². The van der Waals surface area contributed by atoms with E-state index in [1.165, 1.54) is 177 Å². The second kappa shape index (κ2) is 52.2. The van der Waals surface area contributed by atoms with Gasteiger partial charge in [-0.2, -0.15) is 30.8 Å². The molecule has 5 heterocycles. The summed E-state index contributed by atoms with van der Waals surface area (Å²) >= 11 is 0. The number of hydrogen-bond acceptors (Lipinski definition) is 10. The molecular weight excluding hydrogens is 1100 g/mol. The Balaban J connectivity index is 0.000000557. The number of aryl methyl sites for hydroxylation is 9. The quantitative estimate of drug-likeness (QED) is 0.0357. The first-order chi connectivity index (χ1) is 42.4. The SMILES string of the molecule is CC(C)CCCCCc1cn(CC(C)C)nn1.CC(C)CCCCc1cn(CCC(C)C)nn1.CC(C)CCCCc1n[nH]nc1CCCCC(C)C.CC(C)CCCCc1n[nH]nc1CCCCC(C)C.CC(C)CCCCn1cc(CCC(C)C)nn1. The normalized spacial score (nSPS) is 11.7. The van der Waals surface area contributed by atoms with Crippen molar-refractivity contribution >= 4 is 0 Å². The maximum atomic E-state index is 4.31. The van der Waals surface area contributed by atoms with Crippen LogP contribution in [0.15, 0.2) is 18.6 Å². The molecule has 0 atom stereocenters.